The molecule has 0 bridgehead atoms. The van der Waals surface area contributed by atoms with Gasteiger partial charge in [0.2, 0.25) is 5.91 Å². The second-order valence-corrected chi connectivity index (χ2v) is 4.21. The Hall–Kier alpha value is -0.740. The van der Waals surface area contributed by atoms with E-state index in [1.165, 1.54) is 0 Å². The van der Waals surface area contributed by atoms with Gasteiger partial charge in [0, 0.05) is 18.5 Å². The van der Waals surface area contributed by atoms with Gasteiger partial charge in [-0.05, 0) is 12.1 Å². The first kappa shape index (κ1) is 9.80. The van der Waals surface area contributed by atoms with Crippen molar-refractivity contribution in [1.82, 2.24) is 4.98 Å². The van der Waals surface area contributed by atoms with Crippen LogP contribution >= 0.6 is 23.4 Å². The first-order chi connectivity index (χ1) is 6.83. The molecule has 1 aliphatic heterocycles. The summed E-state index contributed by atoms with van der Waals surface area (Å²) in [6.45, 7) is 0.717. The summed E-state index contributed by atoms with van der Waals surface area (Å²) < 4.78 is 0. The molecule has 1 aromatic heterocycles. The summed E-state index contributed by atoms with van der Waals surface area (Å²) in [5.41, 5.74) is 0.884. The first-order valence-corrected chi connectivity index (χ1v) is 5.79. The van der Waals surface area contributed by atoms with E-state index < -0.39 is 0 Å². The van der Waals surface area contributed by atoms with Crippen molar-refractivity contribution < 1.29 is 4.79 Å². The van der Waals surface area contributed by atoms with Gasteiger partial charge in [-0.15, -0.1) is 23.4 Å². The van der Waals surface area contributed by atoms with Gasteiger partial charge in [0.15, 0.2) is 0 Å². The van der Waals surface area contributed by atoms with Crippen LogP contribution in [-0.2, 0) is 4.79 Å². The molecule has 0 N–H and O–H groups in total. The van der Waals surface area contributed by atoms with Crippen LogP contribution in [0.25, 0.3) is 0 Å². The smallest absolute Gasteiger partial charge is 0.242 e. The van der Waals surface area contributed by atoms with Gasteiger partial charge >= 0.3 is 0 Å². The molecule has 0 atom stereocenters. The van der Waals surface area contributed by atoms with Crippen LogP contribution in [0.1, 0.15) is 0 Å². The Morgan fingerprint density at radius 2 is 2.57 bits per heavy atom. The molecule has 14 heavy (non-hydrogen) atoms. The number of hydrogen-bond donors (Lipinski definition) is 0. The van der Waals surface area contributed by atoms with Crippen molar-refractivity contribution in [3.8, 4) is 0 Å². The van der Waals surface area contributed by atoms with Crippen molar-refractivity contribution in [2.75, 3.05) is 23.1 Å². The second-order valence-electron chi connectivity index (χ2n) is 2.86. The van der Waals surface area contributed by atoms with E-state index in [9.17, 15) is 4.79 Å². The zero-order chi connectivity index (χ0) is 9.97. The average Bonchev–Trinajstić information content (AvgIpc) is 2.27. The highest BCUT2D eigenvalue weighted by molar-refractivity contribution is 7.99. The number of thioether (sulfide) groups is 1. The lowest BCUT2D eigenvalue weighted by molar-refractivity contribution is -0.116. The highest BCUT2D eigenvalue weighted by Gasteiger charge is 2.22. The Morgan fingerprint density at radius 3 is 3.36 bits per heavy atom. The number of aromatic nitrogens is 1. The number of anilines is 1. The van der Waals surface area contributed by atoms with Crippen molar-refractivity contribution in [2.24, 2.45) is 0 Å². The van der Waals surface area contributed by atoms with Crippen LogP contribution in [0, 0.1) is 0 Å². The highest BCUT2D eigenvalue weighted by Crippen LogP contribution is 2.32. The lowest BCUT2D eigenvalue weighted by Gasteiger charge is -2.27. The molecule has 0 fully saturated rings. The zero-order valence-electron chi connectivity index (χ0n) is 7.44. The molecule has 0 spiro atoms. The van der Waals surface area contributed by atoms with Crippen molar-refractivity contribution >= 4 is 35.0 Å². The average molecular weight is 229 g/mol. The second kappa shape index (κ2) is 4.19. The van der Waals surface area contributed by atoms with Gasteiger partial charge in [-0.1, -0.05) is 0 Å². The number of halogens is 1. The lowest BCUT2D eigenvalue weighted by Crippen LogP contribution is -2.36. The first-order valence-electron chi connectivity index (χ1n) is 4.27. The van der Waals surface area contributed by atoms with Gasteiger partial charge in [0.05, 0.1) is 5.69 Å². The molecule has 2 rings (SSSR count). The fourth-order valence-corrected chi connectivity index (χ4v) is 2.46. The molecule has 0 saturated heterocycles. The molecule has 0 aromatic carbocycles. The minimum Gasteiger partial charge on any atom is -0.308 e. The molecular weight excluding hydrogens is 220 g/mol. The molecule has 5 heteroatoms. The normalized spacial score (nSPS) is 15.1. The summed E-state index contributed by atoms with van der Waals surface area (Å²) in [6.07, 6.45) is 1.74. The summed E-state index contributed by atoms with van der Waals surface area (Å²) in [5, 5.41) is 0.914. The molecule has 0 unspecified atom stereocenters. The Labute approximate surface area is 91.5 Å². The van der Waals surface area contributed by atoms with Gasteiger partial charge in [0.25, 0.3) is 0 Å². The highest BCUT2D eigenvalue weighted by atomic mass is 35.5. The van der Waals surface area contributed by atoms with Gasteiger partial charge in [-0.2, -0.15) is 0 Å². The Balaban J connectivity index is 2.35. The molecule has 3 nitrogen and oxygen atoms in total. The summed E-state index contributed by atoms with van der Waals surface area (Å²) >= 11 is 7.21. The predicted octanol–water partition coefficient (Wildman–Crippen LogP) is 1.76. The summed E-state index contributed by atoms with van der Waals surface area (Å²) in [4.78, 5) is 17.4. The van der Waals surface area contributed by atoms with E-state index in [4.69, 9.17) is 11.6 Å². The van der Waals surface area contributed by atoms with Gasteiger partial charge < -0.3 is 4.90 Å². The molecule has 2 heterocycles. The number of pyridine rings is 1. The van der Waals surface area contributed by atoms with E-state index in [1.807, 2.05) is 12.1 Å². The fraction of sp³-hybridized carbons (Fsp3) is 0.333. The van der Waals surface area contributed by atoms with Crippen molar-refractivity contribution in [1.29, 1.82) is 0 Å². The van der Waals surface area contributed by atoms with Gasteiger partial charge in [-0.3, -0.25) is 4.79 Å². The van der Waals surface area contributed by atoms with Crippen LogP contribution < -0.4 is 4.90 Å². The minimum atomic E-state index is -0.0544. The Morgan fingerprint density at radius 1 is 1.71 bits per heavy atom. The lowest BCUT2D eigenvalue weighted by atomic mass is 10.3. The number of hydrogen-bond acceptors (Lipinski definition) is 3. The van der Waals surface area contributed by atoms with E-state index >= 15 is 0 Å². The zero-order valence-corrected chi connectivity index (χ0v) is 9.01. The molecule has 0 aliphatic carbocycles. The largest absolute Gasteiger partial charge is 0.308 e. The standard InChI is InChI=1S/C9H9ClN2OS/c10-6-8(13)12-4-5-14-9-7(12)2-1-3-11-9/h1-3H,4-6H2. The van der Waals surface area contributed by atoms with Crippen LogP contribution in [-0.4, -0.2) is 29.1 Å². The summed E-state index contributed by atoms with van der Waals surface area (Å²) in [6, 6.07) is 3.73. The maximum atomic E-state index is 11.5. The molecular formula is C9H9ClN2OS. The van der Waals surface area contributed by atoms with E-state index in [0.717, 1.165) is 23.0 Å². The maximum Gasteiger partial charge on any atom is 0.242 e. The third-order valence-electron chi connectivity index (χ3n) is 2.01. The van der Waals surface area contributed by atoms with Crippen molar-refractivity contribution in [2.45, 2.75) is 5.03 Å². The third-order valence-corrected chi connectivity index (χ3v) is 3.21. The van der Waals surface area contributed by atoms with Crippen LogP contribution in [0.15, 0.2) is 23.4 Å². The van der Waals surface area contributed by atoms with Crippen LogP contribution in [0.5, 0.6) is 0 Å². The number of fused-ring (bicyclic) bond motifs is 1. The van der Waals surface area contributed by atoms with Crippen molar-refractivity contribution in [3.05, 3.63) is 18.3 Å². The maximum absolute atomic E-state index is 11.5. The van der Waals surface area contributed by atoms with Crippen LogP contribution in [0.3, 0.4) is 0 Å². The monoisotopic (exact) mass is 228 g/mol. The van der Waals surface area contributed by atoms with Crippen LogP contribution in [0.2, 0.25) is 0 Å². The quantitative estimate of drug-likeness (QED) is 0.687. The Kier molecular flexibility index (Phi) is 2.93. The minimum absolute atomic E-state index is 0.0268. The van der Waals surface area contributed by atoms with E-state index in [0.29, 0.717) is 0 Å². The molecule has 1 amide bonds. The van der Waals surface area contributed by atoms with E-state index in [2.05, 4.69) is 4.98 Å². The number of carbonyl (C=O) groups excluding carboxylic acids is 1. The topological polar surface area (TPSA) is 33.2 Å². The molecule has 1 aromatic rings. The number of alkyl halides is 1. The molecule has 0 radical (unpaired) electrons. The number of rotatable bonds is 1. The fourth-order valence-electron chi connectivity index (χ4n) is 1.38. The van der Waals surface area contributed by atoms with Crippen LogP contribution in [0.4, 0.5) is 5.69 Å². The number of amides is 1. The molecule has 1 aliphatic rings. The summed E-state index contributed by atoms with van der Waals surface area (Å²) in [5.74, 6) is 0.854. The van der Waals surface area contributed by atoms with Crippen molar-refractivity contribution in [3.63, 3.8) is 0 Å². The molecule has 74 valence electrons. The van der Waals surface area contributed by atoms with E-state index in [1.54, 1.807) is 22.9 Å². The third kappa shape index (κ3) is 1.72. The van der Waals surface area contributed by atoms with Gasteiger partial charge in [0.1, 0.15) is 10.9 Å². The van der Waals surface area contributed by atoms with E-state index in [-0.39, 0.29) is 11.8 Å². The Bertz CT molecular complexity index is 358. The predicted molar refractivity (Wildman–Crippen MR) is 58.0 cm³/mol. The molecule has 0 saturated carbocycles. The SMILES string of the molecule is O=C(CCl)N1CCSc2ncccc21. The van der Waals surface area contributed by atoms with Gasteiger partial charge in [-0.25, -0.2) is 4.98 Å². The number of nitrogens with zero attached hydrogens (tertiary/aromatic N) is 2. The number of carbonyl (C=O) groups is 1. The summed E-state index contributed by atoms with van der Waals surface area (Å²) in [7, 11) is 0.